The monoisotopic (exact) mass is 391 g/mol. The van der Waals surface area contributed by atoms with Crippen LogP contribution in [-0.2, 0) is 0 Å². The highest BCUT2D eigenvalue weighted by atomic mass is 35.5. The number of nitrogens with one attached hydrogen (secondary N) is 1. The maximum absolute atomic E-state index is 12.2. The van der Waals surface area contributed by atoms with E-state index in [4.69, 9.17) is 23.2 Å². The van der Waals surface area contributed by atoms with E-state index in [1.54, 1.807) is 22.7 Å². The van der Waals surface area contributed by atoms with Crippen molar-refractivity contribution in [2.24, 2.45) is 0 Å². The van der Waals surface area contributed by atoms with Crippen LogP contribution in [-0.4, -0.2) is 24.6 Å². The fourth-order valence-electron chi connectivity index (χ4n) is 2.49. The smallest absolute Gasteiger partial charge is 0.258 e. The summed E-state index contributed by atoms with van der Waals surface area (Å²) in [5, 5.41) is 10.2. The van der Waals surface area contributed by atoms with Gasteiger partial charge in [0.1, 0.15) is 5.82 Å². The quantitative estimate of drug-likeness (QED) is 0.531. The SMILES string of the molecule is C[C@@H](Sc1nnc2c(Cl)cc(Cl)cn12)c1nc2ccccc2c(=O)[nH]1. The van der Waals surface area contributed by atoms with Crippen LogP contribution in [0.15, 0.2) is 46.5 Å². The molecule has 0 aliphatic rings. The zero-order chi connectivity index (χ0) is 17.6. The molecule has 0 radical (unpaired) electrons. The minimum atomic E-state index is -0.162. The summed E-state index contributed by atoms with van der Waals surface area (Å²) in [6.07, 6.45) is 1.70. The molecule has 126 valence electrons. The van der Waals surface area contributed by atoms with Gasteiger partial charge in [0.25, 0.3) is 5.56 Å². The van der Waals surface area contributed by atoms with Crippen LogP contribution in [0.3, 0.4) is 0 Å². The van der Waals surface area contributed by atoms with Gasteiger partial charge in [-0.1, -0.05) is 47.1 Å². The van der Waals surface area contributed by atoms with Gasteiger partial charge in [-0.15, -0.1) is 10.2 Å². The number of fused-ring (bicyclic) bond motifs is 2. The number of aromatic amines is 1. The lowest BCUT2D eigenvalue weighted by molar-refractivity contribution is 0.883. The van der Waals surface area contributed by atoms with E-state index in [1.807, 2.05) is 25.1 Å². The predicted octanol–water partition coefficient (Wildman–Crippen LogP) is 4.13. The Hall–Kier alpha value is -2.09. The van der Waals surface area contributed by atoms with E-state index in [0.29, 0.717) is 37.6 Å². The molecule has 9 heteroatoms. The number of hydrogen-bond donors (Lipinski definition) is 1. The summed E-state index contributed by atoms with van der Waals surface area (Å²) in [7, 11) is 0. The highest BCUT2D eigenvalue weighted by Crippen LogP contribution is 2.33. The third kappa shape index (κ3) is 2.99. The van der Waals surface area contributed by atoms with Gasteiger partial charge >= 0.3 is 0 Å². The van der Waals surface area contributed by atoms with Crippen molar-refractivity contribution >= 4 is 51.5 Å². The Labute approximate surface area is 156 Å². The molecule has 0 saturated carbocycles. The molecule has 3 aromatic heterocycles. The maximum atomic E-state index is 12.2. The number of rotatable bonds is 3. The molecule has 0 spiro atoms. The highest BCUT2D eigenvalue weighted by Gasteiger charge is 2.17. The molecular formula is C16H11Cl2N5OS. The molecule has 0 aliphatic carbocycles. The van der Waals surface area contributed by atoms with Crippen molar-refractivity contribution in [3.8, 4) is 0 Å². The molecule has 4 rings (SSSR count). The van der Waals surface area contributed by atoms with Crippen LogP contribution >= 0.6 is 35.0 Å². The fraction of sp³-hybridized carbons (Fsp3) is 0.125. The second-order valence-corrected chi connectivity index (χ2v) is 7.56. The van der Waals surface area contributed by atoms with E-state index in [2.05, 4.69) is 20.2 Å². The van der Waals surface area contributed by atoms with Crippen LogP contribution < -0.4 is 5.56 Å². The zero-order valence-corrected chi connectivity index (χ0v) is 15.2. The first-order valence-corrected chi connectivity index (χ1v) is 9.02. The molecule has 6 nitrogen and oxygen atoms in total. The number of pyridine rings is 1. The van der Waals surface area contributed by atoms with Gasteiger partial charge in [-0.25, -0.2) is 4.98 Å². The van der Waals surface area contributed by atoms with Crippen molar-refractivity contribution in [2.45, 2.75) is 17.3 Å². The van der Waals surface area contributed by atoms with E-state index in [9.17, 15) is 4.79 Å². The molecular weight excluding hydrogens is 381 g/mol. The number of para-hydroxylation sites is 1. The van der Waals surface area contributed by atoms with E-state index < -0.39 is 0 Å². The predicted molar refractivity (Wildman–Crippen MR) is 99.6 cm³/mol. The van der Waals surface area contributed by atoms with E-state index in [1.165, 1.54) is 11.8 Å². The van der Waals surface area contributed by atoms with Crippen LogP contribution in [0.2, 0.25) is 10.0 Å². The number of H-pyrrole nitrogens is 1. The lowest BCUT2D eigenvalue weighted by atomic mass is 10.2. The Bertz CT molecular complexity index is 1160. The zero-order valence-electron chi connectivity index (χ0n) is 12.9. The molecule has 1 N–H and O–H groups in total. The molecule has 1 atom stereocenters. The number of hydrogen-bond acceptors (Lipinski definition) is 5. The summed E-state index contributed by atoms with van der Waals surface area (Å²) in [4.78, 5) is 19.6. The Morgan fingerprint density at radius 1 is 1.24 bits per heavy atom. The average molecular weight is 392 g/mol. The topological polar surface area (TPSA) is 75.9 Å². The van der Waals surface area contributed by atoms with Crippen molar-refractivity contribution in [2.75, 3.05) is 0 Å². The molecule has 25 heavy (non-hydrogen) atoms. The molecule has 0 amide bonds. The third-order valence-electron chi connectivity index (χ3n) is 3.69. The minimum absolute atomic E-state index is 0.150. The van der Waals surface area contributed by atoms with E-state index in [-0.39, 0.29) is 10.8 Å². The summed E-state index contributed by atoms with van der Waals surface area (Å²) in [5.41, 5.74) is 1.02. The van der Waals surface area contributed by atoms with Crippen LogP contribution in [0.25, 0.3) is 16.6 Å². The molecule has 4 aromatic rings. The summed E-state index contributed by atoms with van der Waals surface area (Å²) in [5.74, 6) is 0.568. The Kier molecular flexibility index (Phi) is 4.15. The van der Waals surface area contributed by atoms with Crippen molar-refractivity contribution in [1.29, 1.82) is 0 Å². The number of nitrogens with zero attached hydrogens (tertiary/aromatic N) is 4. The number of benzene rings is 1. The third-order valence-corrected chi connectivity index (χ3v) is 5.24. The summed E-state index contributed by atoms with van der Waals surface area (Å²) in [6.45, 7) is 1.94. The van der Waals surface area contributed by atoms with Gasteiger partial charge in [0.2, 0.25) is 0 Å². The first-order valence-electron chi connectivity index (χ1n) is 7.38. The Morgan fingerprint density at radius 3 is 2.88 bits per heavy atom. The van der Waals surface area contributed by atoms with Crippen LogP contribution in [0.1, 0.15) is 18.0 Å². The average Bonchev–Trinajstić information content (AvgIpc) is 2.98. The van der Waals surface area contributed by atoms with Crippen LogP contribution in [0.4, 0.5) is 0 Å². The molecule has 3 heterocycles. The van der Waals surface area contributed by atoms with Gasteiger partial charge in [0, 0.05) is 6.20 Å². The molecule has 0 fully saturated rings. The largest absolute Gasteiger partial charge is 0.309 e. The maximum Gasteiger partial charge on any atom is 0.258 e. The lowest BCUT2D eigenvalue weighted by Crippen LogP contribution is -2.12. The number of aromatic nitrogens is 5. The normalized spacial score (nSPS) is 12.8. The fourth-order valence-corrected chi connectivity index (χ4v) is 3.88. The van der Waals surface area contributed by atoms with Gasteiger partial charge < -0.3 is 4.98 Å². The van der Waals surface area contributed by atoms with Crippen LogP contribution in [0, 0.1) is 0 Å². The molecule has 1 aromatic carbocycles. The standard InChI is InChI=1S/C16H11Cl2N5OS/c1-8(13-19-12-5-3-2-4-10(12)15(24)20-13)25-16-22-21-14-11(18)6-9(17)7-23(14)16/h2-8H,1H3,(H,19,20,24)/t8-/m1/s1. The minimum Gasteiger partial charge on any atom is -0.309 e. The van der Waals surface area contributed by atoms with E-state index in [0.717, 1.165) is 0 Å². The van der Waals surface area contributed by atoms with Gasteiger partial charge in [0.05, 0.1) is 26.2 Å². The molecule has 0 unspecified atom stereocenters. The van der Waals surface area contributed by atoms with Crippen molar-refractivity contribution in [3.63, 3.8) is 0 Å². The van der Waals surface area contributed by atoms with Crippen LogP contribution in [0.5, 0.6) is 0 Å². The Morgan fingerprint density at radius 2 is 2.04 bits per heavy atom. The van der Waals surface area contributed by atoms with Gasteiger partial charge in [-0.2, -0.15) is 0 Å². The summed E-state index contributed by atoms with van der Waals surface area (Å²) >= 11 is 13.6. The van der Waals surface area contributed by atoms with Crippen molar-refractivity contribution < 1.29 is 0 Å². The summed E-state index contributed by atoms with van der Waals surface area (Å²) in [6, 6.07) is 8.85. The first-order chi connectivity index (χ1) is 12.0. The number of thioether (sulfide) groups is 1. The second kappa shape index (κ2) is 6.33. The van der Waals surface area contributed by atoms with Gasteiger partial charge in [0.15, 0.2) is 10.8 Å². The molecule has 0 saturated heterocycles. The first kappa shape index (κ1) is 16.4. The van der Waals surface area contributed by atoms with Gasteiger partial charge in [-0.3, -0.25) is 9.20 Å². The second-order valence-electron chi connectivity index (χ2n) is 5.41. The summed E-state index contributed by atoms with van der Waals surface area (Å²) < 4.78 is 1.73. The highest BCUT2D eigenvalue weighted by molar-refractivity contribution is 7.99. The number of halogens is 2. The van der Waals surface area contributed by atoms with Gasteiger partial charge in [-0.05, 0) is 25.1 Å². The molecule has 0 bridgehead atoms. The van der Waals surface area contributed by atoms with E-state index >= 15 is 0 Å². The molecule has 0 aliphatic heterocycles. The van der Waals surface area contributed by atoms with Crippen molar-refractivity contribution in [3.05, 3.63) is 62.8 Å². The lowest BCUT2D eigenvalue weighted by Gasteiger charge is -2.10. The Balaban J connectivity index is 1.73. The van der Waals surface area contributed by atoms with Crippen molar-refractivity contribution in [1.82, 2.24) is 24.6 Å².